The topological polar surface area (TPSA) is 88.5 Å². The summed E-state index contributed by atoms with van der Waals surface area (Å²) >= 11 is 6.91. The zero-order chi connectivity index (χ0) is 19.7. The molecule has 4 rings (SSSR count). The Kier molecular flexibility index (Phi) is 4.92. The van der Waals surface area contributed by atoms with Crippen molar-refractivity contribution in [3.8, 4) is 0 Å². The second-order valence-corrected chi connectivity index (χ2v) is 8.83. The van der Waals surface area contributed by atoms with E-state index in [1.165, 1.54) is 12.1 Å². The van der Waals surface area contributed by atoms with E-state index in [1.54, 1.807) is 24.4 Å². The highest BCUT2D eigenvalue weighted by Crippen LogP contribution is 2.29. The molecule has 2 aromatic carbocycles. The van der Waals surface area contributed by atoms with E-state index >= 15 is 0 Å². The van der Waals surface area contributed by atoms with Gasteiger partial charge in [0.05, 0.1) is 15.4 Å². The van der Waals surface area contributed by atoms with Crippen molar-refractivity contribution in [1.82, 2.24) is 10.3 Å². The van der Waals surface area contributed by atoms with Gasteiger partial charge in [-0.15, -0.1) is 4.40 Å². The lowest BCUT2D eigenvalue weighted by molar-refractivity contribution is -0.115. The first kappa shape index (κ1) is 18.7. The largest absolute Gasteiger partial charge is 0.300 e. The molecule has 28 heavy (non-hydrogen) atoms. The number of carbonyl (C=O) groups is 1. The Bertz CT molecular complexity index is 1270. The average molecular weight is 430 g/mol. The molecule has 0 aliphatic carbocycles. The first-order valence-electron chi connectivity index (χ1n) is 8.07. The lowest BCUT2D eigenvalue weighted by Crippen LogP contribution is -2.20. The van der Waals surface area contributed by atoms with Crippen molar-refractivity contribution in [3.05, 3.63) is 76.3 Å². The van der Waals surface area contributed by atoms with Gasteiger partial charge in [-0.05, 0) is 53.7 Å². The zero-order valence-corrected chi connectivity index (χ0v) is 16.6. The van der Waals surface area contributed by atoms with Crippen LogP contribution in [0, 0.1) is 0 Å². The van der Waals surface area contributed by atoms with Crippen molar-refractivity contribution in [2.45, 2.75) is 4.90 Å². The molecule has 3 aromatic rings. The van der Waals surface area contributed by atoms with Crippen LogP contribution in [-0.4, -0.2) is 24.5 Å². The van der Waals surface area contributed by atoms with Crippen LogP contribution >= 0.6 is 23.4 Å². The van der Waals surface area contributed by atoms with Crippen LogP contribution < -0.4 is 5.32 Å². The van der Waals surface area contributed by atoms with Gasteiger partial charge >= 0.3 is 0 Å². The van der Waals surface area contributed by atoms with Gasteiger partial charge in [0.25, 0.3) is 15.9 Å². The highest BCUT2D eigenvalue weighted by atomic mass is 35.5. The number of hydrogen-bond donors (Lipinski definition) is 1. The molecule has 1 aliphatic heterocycles. The van der Waals surface area contributed by atoms with Crippen LogP contribution in [0.4, 0.5) is 0 Å². The number of nitrogens with zero attached hydrogens (tertiary/aromatic N) is 2. The summed E-state index contributed by atoms with van der Waals surface area (Å²) in [5.41, 5.74) is 1.65. The molecule has 0 atom stereocenters. The van der Waals surface area contributed by atoms with Gasteiger partial charge in [-0.25, -0.2) is 0 Å². The van der Waals surface area contributed by atoms with Crippen LogP contribution in [0.25, 0.3) is 17.0 Å². The van der Waals surface area contributed by atoms with Gasteiger partial charge in [0.15, 0.2) is 5.17 Å². The van der Waals surface area contributed by atoms with E-state index in [2.05, 4.69) is 14.7 Å². The molecule has 0 radical (unpaired) electrons. The first-order chi connectivity index (χ1) is 13.4. The third-order valence-corrected chi connectivity index (χ3v) is 6.70. The van der Waals surface area contributed by atoms with E-state index in [1.807, 2.05) is 30.3 Å². The number of amides is 1. The van der Waals surface area contributed by atoms with Crippen LogP contribution in [0.1, 0.15) is 5.56 Å². The Morgan fingerprint density at radius 1 is 1.11 bits per heavy atom. The number of pyridine rings is 1. The third kappa shape index (κ3) is 3.80. The molecular formula is C19H12ClN3O3S2. The number of halogens is 1. The van der Waals surface area contributed by atoms with Crippen LogP contribution in [0.2, 0.25) is 5.02 Å². The Morgan fingerprint density at radius 2 is 1.93 bits per heavy atom. The number of rotatable bonds is 3. The van der Waals surface area contributed by atoms with Crippen molar-refractivity contribution >= 4 is 61.4 Å². The predicted molar refractivity (Wildman–Crippen MR) is 112 cm³/mol. The van der Waals surface area contributed by atoms with Gasteiger partial charge in [0.2, 0.25) is 0 Å². The Balaban J connectivity index is 1.64. The van der Waals surface area contributed by atoms with Crippen molar-refractivity contribution in [2.75, 3.05) is 0 Å². The van der Waals surface area contributed by atoms with Gasteiger partial charge < -0.3 is 0 Å². The molecule has 140 valence electrons. The summed E-state index contributed by atoms with van der Waals surface area (Å²) in [6, 6.07) is 15.4. The van der Waals surface area contributed by atoms with E-state index < -0.39 is 15.9 Å². The summed E-state index contributed by atoms with van der Waals surface area (Å²) in [5.74, 6) is -0.413. The maximum absolute atomic E-state index is 12.5. The summed E-state index contributed by atoms with van der Waals surface area (Å²) in [4.78, 5) is 16.7. The molecule has 6 nitrogen and oxygen atoms in total. The molecular weight excluding hydrogens is 418 g/mol. The molecule has 0 spiro atoms. The fourth-order valence-electron chi connectivity index (χ4n) is 2.62. The van der Waals surface area contributed by atoms with E-state index in [0.29, 0.717) is 4.91 Å². The average Bonchev–Trinajstić information content (AvgIpc) is 3.00. The number of aromatic nitrogens is 1. The molecule has 1 aromatic heterocycles. The van der Waals surface area contributed by atoms with Gasteiger partial charge in [0.1, 0.15) is 4.90 Å². The zero-order valence-electron chi connectivity index (χ0n) is 14.2. The van der Waals surface area contributed by atoms with Gasteiger partial charge in [-0.1, -0.05) is 35.9 Å². The first-order valence-corrected chi connectivity index (χ1v) is 10.7. The minimum atomic E-state index is -4.04. The van der Waals surface area contributed by atoms with Crippen LogP contribution in [0.3, 0.4) is 0 Å². The predicted octanol–water partition coefficient (Wildman–Crippen LogP) is 3.84. The summed E-state index contributed by atoms with van der Waals surface area (Å²) < 4.78 is 28.6. The number of sulfonamides is 1. The van der Waals surface area contributed by atoms with Crippen molar-refractivity contribution in [1.29, 1.82) is 0 Å². The molecule has 1 N–H and O–H groups in total. The Hall–Kier alpha value is -2.68. The molecule has 1 aliphatic rings. The number of benzene rings is 2. The van der Waals surface area contributed by atoms with Crippen molar-refractivity contribution in [2.24, 2.45) is 4.40 Å². The maximum atomic E-state index is 12.5. The third-order valence-electron chi connectivity index (χ3n) is 3.89. The standard InChI is InChI=1S/C19H12ClN3O3S2/c20-14-5-1-2-6-17(14)28(25,26)23-19-22-18(24)16(27-19)11-12-7-8-15-13(10-12)4-3-9-21-15/h1-11H,(H,22,23,24)/b16-11-. The second-order valence-electron chi connectivity index (χ2n) is 5.82. The highest BCUT2D eigenvalue weighted by Gasteiger charge is 2.27. The van der Waals surface area contributed by atoms with Crippen LogP contribution in [0.15, 0.2) is 75.0 Å². The van der Waals surface area contributed by atoms with E-state index in [-0.39, 0.29) is 15.1 Å². The fourth-order valence-corrected chi connectivity index (χ4v) is 5.11. The monoisotopic (exact) mass is 429 g/mol. The number of hydrogen-bond acceptors (Lipinski definition) is 5. The highest BCUT2D eigenvalue weighted by molar-refractivity contribution is 8.19. The maximum Gasteiger partial charge on any atom is 0.286 e. The molecule has 0 saturated carbocycles. The molecule has 2 heterocycles. The fraction of sp³-hybridized carbons (Fsp3) is 0. The van der Waals surface area contributed by atoms with Crippen LogP contribution in [0.5, 0.6) is 0 Å². The van der Waals surface area contributed by atoms with Crippen LogP contribution in [-0.2, 0) is 14.8 Å². The quantitative estimate of drug-likeness (QED) is 0.639. The number of amidine groups is 1. The molecule has 9 heteroatoms. The van der Waals surface area contributed by atoms with Gasteiger partial charge in [0, 0.05) is 11.6 Å². The van der Waals surface area contributed by atoms with E-state index in [0.717, 1.165) is 28.2 Å². The molecule has 0 bridgehead atoms. The summed E-state index contributed by atoms with van der Waals surface area (Å²) in [6.45, 7) is 0. The number of fused-ring (bicyclic) bond motifs is 1. The number of thioether (sulfide) groups is 1. The molecule has 1 fully saturated rings. The SMILES string of the molecule is O=C1N/C(=N\S(=O)(=O)c2ccccc2Cl)S/C1=C\c1ccc2ncccc2c1. The smallest absolute Gasteiger partial charge is 0.286 e. The van der Waals surface area contributed by atoms with E-state index in [4.69, 9.17) is 11.6 Å². The van der Waals surface area contributed by atoms with Crippen molar-refractivity contribution in [3.63, 3.8) is 0 Å². The minimum Gasteiger partial charge on any atom is -0.300 e. The minimum absolute atomic E-state index is 0.0152. The lowest BCUT2D eigenvalue weighted by Gasteiger charge is -2.01. The summed E-state index contributed by atoms with van der Waals surface area (Å²) in [6.07, 6.45) is 3.39. The normalized spacial score (nSPS) is 17.4. The molecule has 0 unspecified atom stereocenters. The Labute approximate surface area is 170 Å². The Morgan fingerprint density at radius 3 is 2.75 bits per heavy atom. The second kappa shape index (κ2) is 7.38. The summed E-state index contributed by atoms with van der Waals surface area (Å²) in [5, 5.41) is 3.47. The van der Waals surface area contributed by atoms with Gasteiger partial charge in [-0.3, -0.25) is 15.1 Å². The van der Waals surface area contributed by atoms with Crippen molar-refractivity contribution < 1.29 is 13.2 Å². The summed E-state index contributed by atoms with van der Waals surface area (Å²) in [7, 11) is -4.04. The molecule has 1 amide bonds. The number of carbonyl (C=O) groups excluding carboxylic acids is 1. The number of nitrogens with one attached hydrogen (secondary N) is 1. The molecule has 1 saturated heterocycles. The van der Waals surface area contributed by atoms with E-state index in [9.17, 15) is 13.2 Å². The lowest BCUT2D eigenvalue weighted by atomic mass is 10.1. The van der Waals surface area contributed by atoms with Gasteiger partial charge in [-0.2, -0.15) is 8.42 Å².